The zero-order chi connectivity index (χ0) is 33.7. The molecular formula is C47H29N3O. The van der Waals surface area contributed by atoms with Crippen LogP contribution in [0.5, 0.6) is 0 Å². The molecular weight excluding hydrogens is 623 g/mol. The van der Waals surface area contributed by atoms with E-state index in [-0.39, 0.29) is 0 Å². The van der Waals surface area contributed by atoms with Gasteiger partial charge in [0, 0.05) is 32.8 Å². The number of furan rings is 1. The van der Waals surface area contributed by atoms with E-state index in [2.05, 4.69) is 164 Å². The van der Waals surface area contributed by atoms with Crippen molar-refractivity contribution in [3.05, 3.63) is 176 Å². The van der Waals surface area contributed by atoms with Gasteiger partial charge in [-0.25, -0.2) is 15.0 Å². The Morgan fingerprint density at radius 3 is 1.71 bits per heavy atom. The molecule has 238 valence electrons. The largest absolute Gasteiger partial charge is 0.455 e. The normalized spacial score (nSPS) is 11.5. The second-order valence-electron chi connectivity index (χ2n) is 12.8. The molecule has 2 aromatic heterocycles. The SMILES string of the molecule is c1ccc(-c2cccc(-c3nc(-c4ccc5ccccc5c4)nc(-c4cc(-c5ccccc5)c5c(c4)oc4c6ccccc6ccc45)n3)c2)cc1. The van der Waals surface area contributed by atoms with E-state index in [0.717, 1.165) is 77.0 Å². The molecule has 10 aromatic rings. The third kappa shape index (κ3) is 5.13. The number of nitrogens with zero attached hydrogens (tertiary/aromatic N) is 3. The molecule has 0 radical (unpaired) electrons. The average Bonchev–Trinajstić information content (AvgIpc) is 3.60. The van der Waals surface area contributed by atoms with Gasteiger partial charge in [-0.1, -0.05) is 146 Å². The smallest absolute Gasteiger partial charge is 0.164 e. The Bertz CT molecular complexity index is 2910. The molecule has 0 saturated heterocycles. The highest BCUT2D eigenvalue weighted by atomic mass is 16.3. The number of hydrogen-bond donors (Lipinski definition) is 0. The fraction of sp³-hybridized carbons (Fsp3) is 0. The molecule has 51 heavy (non-hydrogen) atoms. The molecule has 0 spiro atoms. The van der Waals surface area contributed by atoms with Gasteiger partial charge in [0.2, 0.25) is 0 Å². The van der Waals surface area contributed by atoms with Crippen molar-refractivity contribution in [2.45, 2.75) is 0 Å². The number of aromatic nitrogens is 3. The lowest BCUT2D eigenvalue weighted by molar-refractivity contribution is 0.673. The molecule has 0 fully saturated rings. The quantitative estimate of drug-likeness (QED) is 0.186. The van der Waals surface area contributed by atoms with Crippen molar-refractivity contribution in [3.8, 4) is 56.4 Å². The van der Waals surface area contributed by atoms with E-state index in [1.54, 1.807) is 0 Å². The van der Waals surface area contributed by atoms with Crippen molar-refractivity contribution < 1.29 is 4.42 Å². The first-order valence-electron chi connectivity index (χ1n) is 17.1. The monoisotopic (exact) mass is 651 g/mol. The van der Waals surface area contributed by atoms with Gasteiger partial charge in [0.15, 0.2) is 17.5 Å². The van der Waals surface area contributed by atoms with Crippen LogP contribution in [-0.2, 0) is 0 Å². The van der Waals surface area contributed by atoms with Crippen LogP contribution in [0.1, 0.15) is 0 Å². The zero-order valence-electron chi connectivity index (χ0n) is 27.5. The van der Waals surface area contributed by atoms with Crippen LogP contribution in [-0.4, -0.2) is 15.0 Å². The Hall–Kier alpha value is -6.91. The summed E-state index contributed by atoms with van der Waals surface area (Å²) in [5.74, 6) is 1.80. The van der Waals surface area contributed by atoms with Gasteiger partial charge < -0.3 is 4.42 Å². The summed E-state index contributed by atoms with van der Waals surface area (Å²) in [6.45, 7) is 0. The third-order valence-electron chi connectivity index (χ3n) is 9.68. The van der Waals surface area contributed by atoms with Gasteiger partial charge in [0.25, 0.3) is 0 Å². The van der Waals surface area contributed by atoms with Gasteiger partial charge in [0.05, 0.1) is 0 Å². The van der Waals surface area contributed by atoms with Crippen molar-refractivity contribution in [2.24, 2.45) is 0 Å². The standard InChI is InChI=1S/C47H29N3O/c1-3-12-30(13-4-1)35-19-11-20-36(26-35)45-48-46(37-23-22-31-14-7-8-18-34(31)27-37)50-47(49-45)38-28-41(32-15-5-2-6-16-32)43-40-25-24-33-17-9-10-21-39(33)44(40)51-42(43)29-38/h1-29H. The lowest BCUT2D eigenvalue weighted by atomic mass is 9.96. The summed E-state index contributed by atoms with van der Waals surface area (Å²) in [6.07, 6.45) is 0. The van der Waals surface area contributed by atoms with E-state index in [1.165, 1.54) is 5.39 Å². The minimum atomic E-state index is 0.581. The summed E-state index contributed by atoms with van der Waals surface area (Å²) >= 11 is 0. The van der Waals surface area contributed by atoms with Crippen LogP contribution in [0.2, 0.25) is 0 Å². The first kappa shape index (κ1) is 29.0. The van der Waals surface area contributed by atoms with Crippen molar-refractivity contribution in [1.29, 1.82) is 0 Å². The van der Waals surface area contributed by atoms with Crippen molar-refractivity contribution in [1.82, 2.24) is 15.0 Å². The number of benzene rings is 8. The zero-order valence-corrected chi connectivity index (χ0v) is 27.5. The molecule has 0 bridgehead atoms. The summed E-state index contributed by atoms with van der Waals surface area (Å²) in [4.78, 5) is 15.5. The highest BCUT2D eigenvalue weighted by molar-refractivity contribution is 6.19. The molecule has 0 aliphatic carbocycles. The van der Waals surface area contributed by atoms with E-state index in [0.29, 0.717) is 17.5 Å². The Balaban J connectivity index is 1.23. The van der Waals surface area contributed by atoms with Gasteiger partial charge >= 0.3 is 0 Å². The van der Waals surface area contributed by atoms with Crippen LogP contribution < -0.4 is 0 Å². The van der Waals surface area contributed by atoms with E-state index in [1.807, 2.05) is 12.1 Å². The Kier molecular flexibility index (Phi) is 6.78. The summed E-state index contributed by atoms with van der Waals surface area (Å²) < 4.78 is 6.76. The average molecular weight is 652 g/mol. The second-order valence-corrected chi connectivity index (χ2v) is 12.8. The van der Waals surface area contributed by atoms with E-state index < -0.39 is 0 Å². The molecule has 0 unspecified atom stereocenters. The van der Waals surface area contributed by atoms with E-state index >= 15 is 0 Å². The predicted octanol–water partition coefficient (Wildman–Crippen LogP) is 12.4. The first-order chi connectivity index (χ1) is 25.2. The molecule has 4 heteroatoms. The minimum absolute atomic E-state index is 0.581. The maximum Gasteiger partial charge on any atom is 0.164 e. The van der Waals surface area contributed by atoms with Gasteiger partial charge in [-0.15, -0.1) is 0 Å². The maximum absolute atomic E-state index is 6.76. The van der Waals surface area contributed by atoms with Crippen LogP contribution in [0.25, 0.3) is 99.9 Å². The fourth-order valence-electron chi connectivity index (χ4n) is 7.17. The van der Waals surface area contributed by atoms with Crippen molar-refractivity contribution in [2.75, 3.05) is 0 Å². The third-order valence-corrected chi connectivity index (χ3v) is 9.68. The summed E-state index contributed by atoms with van der Waals surface area (Å²) in [5.41, 5.74) is 8.77. The van der Waals surface area contributed by atoms with Crippen LogP contribution in [0, 0.1) is 0 Å². The summed E-state index contributed by atoms with van der Waals surface area (Å²) in [5, 5.41) is 6.69. The predicted molar refractivity (Wildman–Crippen MR) is 209 cm³/mol. The van der Waals surface area contributed by atoms with Crippen LogP contribution >= 0.6 is 0 Å². The number of hydrogen-bond acceptors (Lipinski definition) is 4. The van der Waals surface area contributed by atoms with Crippen LogP contribution in [0.15, 0.2) is 180 Å². The van der Waals surface area contributed by atoms with Crippen LogP contribution in [0.3, 0.4) is 0 Å². The van der Waals surface area contributed by atoms with E-state index in [4.69, 9.17) is 19.4 Å². The molecule has 0 N–H and O–H groups in total. The lowest BCUT2D eigenvalue weighted by Gasteiger charge is -2.12. The van der Waals surface area contributed by atoms with Crippen molar-refractivity contribution in [3.63, 3.8) is 0 Å². The molecule has 0 atom stereocenters. The van der Waals surface area contributed by atoms with Gasteiger partial charge in [0.1, 0.15) is 11.2 Å². The van der Waals surface area contributed by atoms with Gasteiger partial charge in [-0.3, -0.25) is 0 Å². The van der Waals surface area contributed by atoms with Gasteiger partial charge in [-0.05, 0) is 68.7 Å². The highest BCUT2D eigenvalue weighted by Crippen LogP contribution is 2.42. The number of fused-ring (bicyclic) bond motifs is 6. The Morgan fingerprint density at radius 2 is 0.922 bits per heavy atom. The van der Waals surface area contributed by atoms with Crippen LogP contribution in [0.4, 0.5) is 0 Å². The molecule has 8 aromatic carbocycles. The summed E-state index contributed by atoms with van der Waals surface area (Å²) in [6, 6.07) is 61.0. The lowest BCUT2D eigenvalue weighted by Crippen LogP contribution is -2.00. The molecule has 0 aliphatic heterocycles. The molecule has 10 rings (SSSR count). The molecule has 2 heterocycles. The summed E-state index contributed by atoms with van der Waals surface area (Å²) in [7, 11) is 0. The first-order valence-corrected chi connectivity index (χ1v) is 17.1. The fourth-order valence-corrected chi connectivity index (χ4v) is 7.17. The maximum atomic E-state index is 6.76. The topological polar surface area (TPSA) is 51.8 Å². The number of rotatable bonds is 5. The Morgan fingerprint density at radius 1 is 0.333 bits per heavy atom. The second kappa shape index (κ2) is 11.9. The highest BCUT2D eigenvalue weighted by Gasteiger charge is 2.20. The van der Waals surface area contributed by atoms with E-state index in [9.17, 15) is 0 Å². The minimum Gasteiger partial charge on any atom is -0.455 e. The molecule has 0 saturated carbocycles. The van der Waals surface area contributed by atoms with Gasteiger partial charge in [-0.2, -0.15) is 0 Å². The van der Waals surface area contributed by atoms with Crippen molar-refractivity contribution >= 4 is 43.5 Å². The molecule has 0 amide bonds. The molecule has 4 nitrogen and oxygen atoms in total. The Labute approximate surface area is 294 Å². The molecule has 0 aliphatic rings.